The van der Waals surface area contributed by atoms with E-state index in [1.165, 1.54) is 25.7 Å². The van der Waals surface area contributed by atoms with Gasteiger partial charge >= 0.3 is 0 Å². The van der Waals surface area contributed by atoms with Crippen LogP contribution >= 0.6 is 11.6 Å². The maximum atomic E-state index is 6.16. The standard InChI is InChI=1S/C15H22ClN3/c1-11-8-9-12(10-14(11)16)15(19-17)18-13-6-4-2-3-5-7-13/h8-10,13H,2-7,17H2,1H3,(H,18,19). The third kappa shape index (κ3) is 3.95. The van der Waals surface area contributed by atoms with Crippen LogP contribution in [0.15, 0.2) is 23.2 Å². The number of benzene rings is 1. The van der Waals surface area contributed by atoms with Crippen molar-refractivity contribution in [1.82, 2.24) is 5.43 Å². The van der Waals surface area contributed by atoms with Crippen LogP contribution in [0.3, 0.4) is 0 Å². The molecule has 4 heteroatoms. The average molecular weight is 280 g/mol. The zero-order valence-electron chi connectivity index (χ0n) is 11.5. The Hall–Kier alpha value is -1.06. The second-order valence-electron chi connectivity index (χ2n) is 5.23. The van der Waals surface area contributed by atoms with Gasteiger partial charge in [-0.05, 0) is 31.4 Å². The first-order valence-electron chi connectivity index (χ1n) is 7.01. The van der Waals surface area contributed by atoms with E-state index in [0.717, 1.165) is 34.8 Å². The van der Waals surface area contributed by atoms with Gasteiger partial charge in [0.1, 0.15) is 5.84 Å². The van der Waals surface area contributed by atoms with E-state index in [1.54, 1.807) is 0 Å². The van der Waals surface area contributed by atoms with Gasteiger partial charge in [0.15, 0.2) is 0 Å². The number of aryl methyl sites for hydroxylation is 1. The molecule has 0 atom stereocenters. The molecular weight excluding hydrogens is 258 g/mol. The van der Waals surface area contributed by atoms with Crippen LogP contribution in [-0.4, -0.2) is 11.9 Å². The van der Waals surface area contributed by atoms with Crippen molar-refractivity contribution in [2.24, 2.45) is 10.8 Å². The molecular formula is C15H22ClN3. The van der Waals surface area contributed by atoms with Crippen molar-refractivity contribution in [3.63, 3.8) is 0 Å². The summed E-state index contributed by atoms with van der Waals surface area (Å²) in [5, 5.41) is 0.751. The highest BCUT2D eigenvalue weighted by Crippen LogP contribution is 2.21. The van der Waals surface area contributed by atoms with Crippen LogP contribution in [0.4, 0.5) is 0 Å². The normalized spacial score (nSPS) is 18.2. The highest BCUT2D eigenvalue weighted by atomic mass is 35.5. The fraction of sp³-hybridized carbons (Fsp3) is 0.533. The van der Waals surface area contributed by atoms with Crippen molar-refractivity contribution in [3.8, 4) is 0 Å². The molecule has 1 fully saturated rings. The Balaban J connectivity index is 2.19. The van der Waals surface area contributed by atoms with Gasteiger partial charge in [0.25, 0.3) is 0 Å². The van der Waals surface area contributed by atoms with E-state index in [2.05, 4.69) is 5.43 Å². The third-order valence-electron chi connectivity index (χ3n) is 3.72. The van der Waals surface area contributed by atoms with E-state index in [4.69, 9.17) is 22.4 Å². The lowest BCUT2D eigenvalue weighted by Crippen LogP contribution is -2.32. The van der Waals surface area contributed by atoms with Crippen LogP contribution in [0.2, 0.25) is 5.02 Å². The minimum absolute atomic E-state index is 0.383. The topological polar surface area (TPSA) is 50.4 Å². The van der Waals surface area contributed by atoms with Crippen LogP contribution in [-0.2, 0) is 0 Å². The van der Waals surface area contributed by atoms with Gasteiger partial charge < -0.3 is 5.43 Å². The summed E-state index contributed by atoms with van der Waals surface area (Å²) in [4.78, 5) is 4.78. The minimum atomic E-state index is 0.383. The number of amidine groups is 1. The van der Waals surface area contributed by atoms with Gasteiger partial charge in [-0.15, -0.1) is 0 Å². The molecule has 0 saturated heterocycles. The molecule has 0 aliphatic heterocycles. The van der Waals surface area contributed by atoms with Crippen molar-refractivity contribution < 1.29 is 0 Å². The Morgan fingerprint density at radius 1 is 1.26 bits per heavy atom. The number of hydrazine groups is 1. The summed E-state index contributed by atoms with van der Waals surface area (Å²) in [6.07, 6.45) is 7.50. The van der Waals surface area contributed by atoms with Crippen molar-refractivity contribution >= 4 is 17.4 Å². The third-order valence-corrected chi connectivity index (χ3v) is 4.13. The molecule has 0 aromatic heterocycles. The summed E-state index contributed by atoms with van der Waals surface area (Å²) < 4.78 is 0. The monoisotopic (exact) mass is 279 g/mol. The van der Waals surface area contributed by atoms with Gasteiger partial charge in [-0.1, -0.05) is 49.4 Å². The SMILES string of the molecule is Cc1ccc(C(=NC2CCCCCC2)NN)cc1Cl. The first kappa shape index (κ1) is 14.4. The van der Waals surface area contributed by atoms with Crippen molar-refractivity contribution in [1.29, 1.82) is 0 Å². The lowest BCUT2D eigenvalue weighted by molar-refractivity contribution is 0.583. The molecule has 0 amide bonds. The number of nitrogens with zero attached hydrogens (tertiary/aromatic N) is 1. The zero-order chi connectivity index (χ0) is 13.7. The number of hydrogen-bond acceptors (Lipinski definition) is 2. The van der Waals surface area contributed by atoms with Crippen molar-refractivity contribution in [2.45, 2.75) is 51.5 Å². The maximum absolute atomic E-state index is 6.16. The Kier molecular flexibility index (Phi) is 5.23. The van der Waals surface area contributed by atoms with Crippen molar-refractivity contribution in [3.05, 3.63) is 34.3 Å². The summed E-state index contributed by atoms with van der Waals surface area (Å²) in [7, 11) is 0. The Morgan fingerprint density at radius 3 is 2.53 bits per heavy atom. The van der Waals surface area contributed by atoms with E-state index in [-0.39, 0.29) is 0 Å². The number of rotatable bonds is 2. The van der Waals surface area contributed by atoms with Crippen LogP contribution in [0.5, 0.6) is 0 Å². The molecule has 3 N–H and O–H groups in total. The molecule has 1 saturated carbocycles. The van der Waals surface area contributed by atoms with E-state index < -0.39 is 0 Å². The number of halogens is 1. The molecule has 3 nitrogen and oxygen atoms in total. The molecule has 0 radical (unpaired) electrons. The van der Waals surface area contributed by atoms with Crippen LogP contribution < -0.4 is 11.3 Å². The highest BCUT2D eigenvalue weighted by molar-refractivity contribution is 6.31. The molecule has 0 bridgehead atoms. The van der Waals surface area contributed by atoms with Gasteiger partial charge in [-0.2, -0.15) is 0 Å². The second-order valence-corrected chi connectivity index (χ2v) is 5.64. The van der Waals surface area contributed by atoms with Crippen LogP contribution in [0.25, 0.3) is 0 Å². The summed E-state index contributed by atoms with van der Waals surface area (Å²) in [6, 6.07) is 6.31. The van der Waals surface area contributed by atoms with E-state index in [0.29, 0.717) is 6.04 Å². The lowest BCUT2D eigenvalue weighted by atomic mass is 10.1. The molecule has 2 rings (SSSR count). The van der Waals surface area contributed by atoms with E-state index in [1.807, 2.05) is 25.1 Å². The molecule has 0 unspecified atom stereocenters. The Labute approximate surface area is 120 Å². The summed E-state index contributed by atoms with van der Waals surface area (Å²) in [5.74, 6) is 6.37. The zero-order valence-corrected chi connectivity index (χ0v) is 12.2. The largest absolute Gasteiger partial charge is 0.308 e. The van der Waals surface area contributed by atoms with Crippen LogP contribution in [0, 0.1) is 6.92 Å². The fourth-order valence-corrected chi connectivity index (χ4v) is 2.69. The Bertz CT molecular complexity index is 449. The van der Waals surface area contributed by atoms with Gasteiger partial charge in [0, 0.05) is 10.6 Å². The summed E-state index contributed by atoms with van der Waals surface area (Å²) in [6.45, 7) is 1.99. The molecule has 19 heavy (non-hydrogen) atoms. The molecule has 1 aliphatic carbocycles. The molecule has 1 aliphatic rings. The minimum Gasteiger partial charge on any atom is -0.308 e. The first-order valence-corrected chi connectivity index (χ1v) is 7.39. The second kappa shape index (κ2) is 6.92. The molecule has 0 spiro atoms. The molecule has 1 aromatic carbocycles. The predicted molar refractivity (Wildman–Crippen MR) is 81.5 cm³/mol. The number of hydrogen-bond donors (Lipinski definition) is 2. The van der Waals surface area contributed by atoms with E-state index >= 15 is 0 Å². The smallest absolute Gasteiger partial charge is 0.142 e. The van der Waals surface area contributed by atoms with Crippen LogP contribution in [0.1, 0.15) is 49.7 Å². The highest BCUT2D eigenvalue weighted by Gasteiger charge is 2.13. The summed E-state index contributed by atoms with van der Waals surface area (Å²) >= 11 is 6.16. The fourth-order valence-electron chi connectivity index (χ4n) is 2.50. The maximum Gasteiger partial charge on any atom is 0.142 e. The van der Waals surface area contributed by atoms with Crippen molar-refractivity contribution in [2.75, 3.05) is 0 Å². The van der Waals surface area contributed by atoms with Gasteiger partial charge in [0.05, 0.1) is 6.04 Å². The molecule has 0 heterocycles. The number of aliphatic imine (C=N–C) groups is 1. The molecule has 1 aromatic rings. The number of nitrogens with one attached hydrogen (secondary N) is 1. The first-order chi connectivity index (χ1) is 9.20. The number of nitrogens with two attached hydrogens (primary N) is 1. The van der Waals surface area contributed by atoms with Gasteiger partial charge in [0.2, 0.25) is 0 Å². The summed E-state index contributed by atoms with van der Waals surface area (Å²) in [5.41, 5.74) is 4.75. The van der Waals surface area contributed by atoms with Gasteiger partial charge in [-0.3, -0.25) is 4.99 Å². The molecule has 104 valence electrons. The van der Waals surface area contributed by atoms with Gasteiger partial charge in [-0.25, -0.2) is 5.84 Å². The van der Waals surface area contributed by atoms with E-state index in [9.17, 15) is 0 Å². The lowest BCUT2D eigenvalue weighted by Gasteiger charge is -2.13. The predicted octanol–water partition coefficient (Wildman–Crippen LogP) is 3.58. The average Bonchev–Trinajstić information content (AvgIpc) is 2.68. The Morgan fingerprint density at radius 2 is 1.95 bits per heavy atom. The quantitative estimate of drug-likeness (QED) is 0.286.